The molecule has 2 nitrogen and oxygen atoms in total. The van der Waals surface area contributed by atoms with Crippen LogP contribution in [-0.2, 0) is 0 Å². The van der Waals surface area contributed by atoms with Crippen LogP contribution in [0.1, 0.15) is 39.5 Å². The highest BCUT2D eigenvalue weighted by Gasteiger charge is 2.57. The molecule has 0 heterocycles. The zero-order valence-corrected chi connectivity index (χ0v) is 10.8. The first-order valence-corrected chi connectivity index (χ1v) is 6.62. The van der Waals surface area contributed by atoms with E-state index in [0.717, 1.165) is 31.3 Å². The highest BCUT2D eigenvalue weighted by molar-refractivity contribution is 5.47. The molecule has 3 rings (SSSR count). The van der Waals surface area contributed by atoms with E-state index in [-0.39, 0.29) is 29.5 Å². The maximum Gasteiger partial charge on any atom is 0.0821 e. The third kappa shape index (κ3) is 1.40. The predicted molar refractivity (Wildman–Crippen MR) is 67.4 cm³/mol. The van der Waals surface area contributed by atoms with E-state index in [1.807, 2.05) is 0 Å². The van der Waals surface area contributed by atoms with Crippen LogP contribution < -0.4 is 0 Å². The van der Waals surface area contributed by atoms with Crippen LogP contribution in [0.5, 0.6) is 0 Å². The summed E-state index contributed by atoms with van der Waals surface area (Å²) in [4.78, 5) is 0. The van der Waals surface area contributed by atoms with Gasteiger partial charge in [0.2, 0.25) is 0 Å². The van der Waals surface area contributed by atoms with E-state index >= 15 is 0 Å². The van der Waals surface area contributed by atoms with E-state index in [1.165, 1.54) is 11.1 Å². The van der Waals surface area contributed by atoms with E-state index in [0.29, 0.717) is 0 Å². The zero-order valence-electron chi connectivity index (χ0n) is 10.8. The summed E-state index contributed by atoms with van der Waals surface area (Å²) in [5, 5.41) is 20.2. The monoisotopic (exact) mass is 234 g/mol. The van der Waals surface area contributed by atoms with Crippen LogP contribution in [-0.4, -0.2) is 22.9 Å². The molecule has 1 spiro atoms. The Labute approximate surface area is 103 Å². The minimum Gasteiger partial charge on any atom is -0.392 e. The summed E-state index contributed by atoms with van der Waals surface area (Å²) in [5.41, 5.74) is 3.73. The van der Waals surface area contributed by atoms with Crippen molar-refractivity contribution in [3.05, 3.63) is 23.3 Å². The first-order valence-electron chi connectivity index (χ1n) is 6.62. The van der Waals surface area contributed by atoms with Crippen LogP contribution in [0.3, 0.4) is 0 Å². The summed E-state index contributed by atoms with van der Waals surface area (Å²) < 4.78 is 0. The first kappa shape index (κ1) is 11.5. The third-order valence-electron chi connectivity index (χ3n) is 5.12. The number of rotatable bonds is 1. The Hall–Kier alpha value is -0.600. The lowest BCUT2D eigenvalue weighted by Crippen LogP contribution is -2.34. The van der Waals surface area contributed by atoms with Gasteiger partial charge in [-0.1, -0.05) is 26.0 Å². The number of hydrogen-bond acceptors (Lipinski definition) is 2. The Bertz CT molecular complexity index is 413. The van der Waals surface area contributed by atoms with Crippen LogP contribution in [0.4, 0.5) is 0 Å². The van der Waals surface area contributed by atoms with Gasteiger partial charge in [0, 0.05) is 11.3 Å². The van der Waals surface area contributed by atoms with Crippen LogP contribution in [0.25, 0.3) is 0 Å². The van der Waals surface area contributed by atoms with Crippen molar-refractivity contribution in [2.75, 3.05) is 6.61 Å². The zero-order chi connectivity index (χ0) is 12.4. The van der Waals surface area contributed by atoms with Gasteiger partial charge in [-0.25, -0.2) is 0 Å². The molecular formula is C15H22O2. The summed E-state index contributed by atoms with van der Waals surface area (Å²) in [5.74, 6) is 0.214. The quantitative estimate of drug-likeness (QED) is 0.684. The summed E-state index contributed by atoms with van der Waals surface area (Å²) >= 11 is 0. The molecule has 94 valence electrons. The largest absolute Gasteiger partial charge is 0.392 e. The molecule has 3 aliphatic carbocycles. The second-order valence-corrected chi connectivity index (χ2v) is 6.87. The lowest BCUT2D eigenvalue weighted by Gasteiger charge is -2.36. The molecule has 2 saturated carbocycles. The standard InChI is InChI=1S/C15H22O2/c1-9-13(17)11-7-14(2,3)6-10(11)12(8-16)15(9)4-5-15/h11,13,16-17H,1,4-8H2,2-3H3. The van der Waals surface area contributed by atoms with Crippen LogP contribution in [0.2, 0.25) is 0 Å². The molecular weight excluding hydrogens is 212 g/mol. The smallest absolute Gasteiger partial charge is 0.0821 e. The number of aliphatic hydroxyl groups excluding tert-OH is 2. The number of hydrogen-bond donors (Lipinski definition) is 2. The van der Waals surface area contributed by atoms with Gasteiger partial charge in [-0.2, -0.15) is 0 Å². The molecule has 2 unspecified atom stereocenters. The fourth-order valence-corrected chi connectivity index (χ4v) is 4.10. The summed E-state index contributed by atoms with van der Waals surface area (Å²) in [6.45, 7) is 8.77. The van der Waals surface area contributed by atoms with Crippen molar-refractivity contribution < 1.29 is 10.2 Å². The fraction of sp³-hybridized carbons (Fsp3) is 0.733. The maximum absolute atomic E-state index is 10.5. The Morgan fingerprint density at radius 3 is 2.53 bits per heavy atom. The van der Waals surface area contributed by atoms with Crippen LogP contribution in [0.15, 0.2) is 23.3 Å². The minimum absolute atomic E-state index is 0.0274. The van der Waals surface area contributed by atoms with E-state index in [2.05, 4.69) is 20.4 Å². The van der Waals surface area contributed by atoms with Crippen molar-refractivity contribution in [1.29, 1.82) is 0 Å². The molecule has 0 aromatic heterocycles. The van der Waals surface area contributed by atoms with Gasteiger partial charge in [-0.3, -0.25) is 0 Å². The topological polar surface area (TPSA) is 40.5 Å². The van der Waals surface area contributed by atoms with Gasteiger partial charge >= 0.3 is 0 Å². The second-order valence-electron chi connectivity index (χ2n) is 6.87. The van der Waals surface area contributed by atoms with Gasteiger partial charge in [-0.15, -0.1) is 0 Å². The molecule has 0 aromatic carbocycles. The predicted octanol–water partition coefficient (Wildman–Crippen LogP) is 2.42. The summed E-state index contributed by atoms with van der Waals surface area (Å²) in [6, 6.07) is 0. The van der Waals surface area contributed by atoms with E-state index < -0.39 is 0 Å². The van der Waals surface area contributed by atoms with Gasteiger partial charge in [0.05, 0.1) is 12.7 Å². The van der Waals surface area contributed by atoms with Crippen molar-refractivity contribution in [2.45, 2.75) is 45.6 Å². The van der Waals surface area contributed by atoms with Gasteiger partial charge in [0.1, 0.15) is 0 Å². The second kappa shape index (κ2) is 3.24. The Morgan fingerprint density at radius 2 is 2.00 bits per heavy atom. The molecule has 3 aliphatic rings. The molecule has 2 atom stereocenters. The van der Waals surface area contributed by atoms with Gasteiger partial charge in [0.15, 0.2) is 0 Å². The van der Waals surface area contributed by atoms with Crippen molar-refractivity contribution in [3.63, 3.8) is 0 Å². The van der Waals surface area contributed by atoms with Crippen LogP contribution >= 0.6 is 0 Å². The van der Waals surface area contributed by atoms with Crippen molar-refractivity contribution in [2.24, 2.45) is 16.7 Å². The van der Waals surface area contributed by atoms with Crippen molar-refractivity contribution in [3.8, 4) is 0 Å². The third-order valence-corrected chi connectivity index (χ3v) is 5.12. The van der Waals surface area contributed by atoms with E-state index in [4.69, 9.17) is 0 Å². The molecule has 0 amide bonds. The highest BCUT2D eigenvalue weighted by atomic mass is 16.3. The normalized spacial score (nSPS) is 37.5. The first-order chi connectivity index (χ1) is 7.91. The molecule has 0 radical (unpaired) electrons. The average molecular weight is 234 g/mol. The molecule has 0 bridgehead atoms. The molecule has 2 heteroatoms. The maximum atomic E-state index is 10.5. The van der Waals surface area contributed by atoms with Gasteiger partial charge in [0.25, 0.3) is 0 Å². The number of fused-ring (bicyclic) bond motifs is 1. The summed E-state index contributed by atoms with van der Waals surface area (Å²) in [7, 11) is 0. The minimum atomic E-state index is -0.385. The highest BCUT2D eigenvalue weighted by Crippen LogP contribution is 2.65. The lowest BCUT2D eigenvalue weighted by atomic mass is 9.71. The lowest BCUT2D eigenvalue weighted by molar-refractivity contribution is 0.129. The SMILES string of the molecule is C=C1C(O)C2CC(C)(C)CC2=C(CO)C12CC2. The molecule has 0 saturated heterocycles. The Balaban J connectivity index is 2.11. The fourth-order valence-electron chi connectivity index (χ4n) is 4.10. The van der Waals surface area contributed by atoms with Crippen LogP contribution in [0, 0.1) is 16.7 Å². The average Bonchev–Trinajstić information content (AvgIpc) is 2.97. The molecule has 2 N–H and O–H groups in total. The van der Waals surface area contributed by atoms with E-state index in [1.54, 1.807) is 0 Å². The van der Waals surface area contributed by atoms with Gasteiger partial charge < -0.3 is 10.2 Å². The van der Waals surface area contributed by atoms with E-state index in [9.17, 15) is 10.2 Å². The molecule has 17 heavy (non-hydrogen) atoms. The van der Waals surface area contributed by atoms with Crippen molar-refractivity contribution >= 4 is 0 Å². The van der Waals surface area contributed by atoms with Gasteiger partial charge in [-0.05, 0) is 42.2 Å². The Morgan fingerprint density at radius 1 is 1.35 bits per heavy atom. The Kier molecular flexibility index (Phi) is 2.19. The molecule has 0 aliphatic heterocycles. The number of aliphatic hydroxyl groups is 2. The molecule has 2 fully saturated rings. The summed E-state index contributed by atoms with van der Waals surface area (Å²) in [6.07, 6.45) is 3.79. The molecule has 0 aromatic rings. The van der Waals surface area contributed by atoms with Crippen molar-refractivity contribution in [1.82, 2.24) is 0 Å².